The molecular weight excluding hydrogens is 445 g/mol. The van der Waals surface area contributed by atoms with Crippen molar-refractivity contribution in [3.05, 3.63) is 63.6 Å². The standard InChI is InChI=1S/C25H25F3N4O2/c1-14-3-5-17-20(23-11-24(12-23,13-23)25(26,27)28)30-21(31-22(17)29-14)15-7-8-34-18(9-15)16-4-6-19(33)32(2)10-16/h3-6,10,15,18H,7-9,11-13H2,1-2H3/t15-,18+,23?,24?/m0/s1/i2D3. The van der Waals surface area contributed by atoms with Crippen LogP contribution in [0.4, 0.5) is 13.2 Å². The lowest BCUT2D eigenvalue weighted by atomic mass is 9.33. The molecule has 178 valence electrons. The van der Waals surface area contributed by atoms with Gasteiger partial charge in [-0.05, 0) is 62.8 Å². The minimum absolute atomic E-state index is 0.0377. The molecule has 3 aliphatic carbocycles. The van der Waals surface area contributed by atoms with Crippen LogP contribution >= 0.6 is 0 Å². The van der Waals surface area contributed by atoms with Crippen LogP contribution in [-0.2, 0) is 17.1 Å². The van der Waals surface area contributed by atoms with E-state index in [1.807, 2.05) is 19.1 Å². The van der Waals surface area contributed by atoms with Crippen molar-refractivity contribution in [2.45, 2.75) is 62.6 Å². The molecule has 3 saturated carbocycles. The third-order valence-corrected chi connectivity index (χ3v) is 7.81. The van der Waals surface area contributed by atoms with Crippen LogP contribution in [0.3, 0.4) is 0 Å². The van der Waals surface area contributed by atoms with Gasteiger partial charge in [0.05, 0.1) is 17.2 Å². The number of ether oxygens (including phenoxy) is 1. The Morgan fingerprint density at radius 2 is 1.94 bits per heavy atom. The Hall–Kier alpha value is -2.81. The van der Waals surface area contributed by atoms with Gasteiger partial charge in [-0.15, -0.1) is 0 Å². The average molecular weight is 474 g/mol. The van der Waals surface area contributed by atoms with Crippen molar-refractivity contribution in [3.63, 3.8) is 0 Å². The lowest BCUT2D eigenvalue weighted by Crippen LogP contribution is -2.70. The first-order chi connectivity index (χ1) is 17.3. The molecule has 2 atom stereocenters. The maximum Gasteiger partial charge on any atom is 0.394 e. The SMILES string of the molecule is [2H]C([2H])([2H])n1cc([C@H]2C[C@@H](c3nc(C45CC(C(F)(F)F)(C4)C5)c4ccc(C)nc4n3)CCO2)ccc1=O. The van der Waals surface area contributed by atoms with Crippen LogP contribution in [0.5, 0.6) is 0 Å². The van der Waals surface area contributed by atoms with E-state index in [1.165, 1.54) is 12.3 Å². The summed E-state index contributed by atoms with van der Waals surface area (Å²) in [6.07, 6.45) is -2.24. The predicted octanol–water partition coefficient (Wildman–Crippen LogP) is 4.65. The van der Waals surface area contributed by atoms with Gasteiger partial charge in [-0.25, -0.2) is 15.0 Å². The quantitative estimate of drug-likeness (QED) is 0.554. The number of aromatic nitrogens is 4. The van der Waals surface area contributed by atoms with Crippen molar-refractivity contribution in [3.8, 4) is 0 Å². The molecule has 3 aromatic heterocycles. The minimum Gasteiger partial charge on any atom is -0.373 e. The van der Waals surface area contributed by atoms with Gasteiger partial charge in [0.1, 0.15) is 5.82 Å². The molecular formula is C25H25F3N4O2. The third kappa shape index (κ3) is 3.12. The second-order valence-corrected chi connectivity index (χ2v) is 10.1. The molecule has 6 nitrogen and oxygen atoms in total. The van der Waals surface area contributed by atoms with Crippen molar-refractivity contribution < 1.29 is 22.0 Å². The zero-order chi connectivity index (χ0) is 26.4. The molecule has 4 fully saturated rings. The normalized spacial score (nSPS) is 32.3. The van der Waals surface area contributed by atoms with Gasteiger partial charge in [-0.1, -0.05) is 0 Å². The molecule has 4 heterocycles. The molecule has 0 unspecified atom stereocenters. The van der Waals surface area contributed by atoms with Crippen LogP contribution in [0, 0.1) is 12.3 Å². The van der Waals surface area contributed by atoms with E-state index in [0.29, 0.717) is 52.1 Å². The van der Waals surface area contributed by atoms with E-state index < -0.39 is 35.6 Å². The molecule has 2 bridgehead atoms. The summed E-state index contributed by atoms with van der Waals surface area (Å²) in [6.45, 7) is -0.412. The van der Waals surface area contributed by atoms with E-state index >= 15 is 0 Å². The van der Waals surface area contributed by atoms with E-state index in [-0.39, 0.29) is 25.2 Å². The van der Waals surface area contributed by atoms with Crippen LogP contribution in [0.25, 0.3) is 11.0 Å². The van der Waals surface area contributed by atoms with Gasteiger partial charge in [-0.3, -0.25) is 4.79 Å². The number of hydrogen-bond acceptors (Lipinski definition) is 5. The van der Waals surface area contributed by atoms with Crippen LogP contribution in [0.15, 0.2) is 35.3 Å². The highest BCUT2D eigenvalue weighted by Gasteiger charge is 2.79. The Kier molecular flexibility index (Phi) is 3.87. The number of hydrogen-bond donors (Lipinski definition) is 0. The molecule has 0 aromatic carbocycles. The summed E-state index contributed by atoms with van der Waals surface area (Å²) in [5.41, 5.74) is -0.406. The maximum absolute atomic E-state index is 13.6. The number of alkyl halides is 3. The van der Waals surface area contributed by atoms with Gasteiger partial charge in [-0.2, -0.15) is 13.2 Å². The molecule has 1 saturated heterocycles. The van der Waals surface area contributed by atoms with Gasteiger partial charge >= 0.3 is 6.18 Å². The summed E-state index contributed by atoms with van der Waals surface area (Å²) in [5.74, 6) is 0.352. The number of halogens is 3. The Morgan fingerprint density at radius 1 is 1.15 bits per heavy atom. The van der Waals surface area contributed by atoms with Gasteiger partial charge in [0.2, 0.25) is 5.56 Å². The van der Waals surface area contributed by atoms with Crippen LogP contribution in [-0.4, -0.2) is 32.3 Å². The molecule has 0 spiro atoms. The first-order valence-corrected chi connectivity index (χ1v) is 11.4. The fraction of sp³-hybridized carbons (Fsp3) is 0.520. The highest BCUT2D eigenvalue weighted by atomic mass is 19.4. The Labute approximate surface area is 198 Å². The van der Waals surface area contributed by atoms with Crippen LogP contribution in [0.1, 0.15) is 71.0 Å². The molecule has 3 aromatic rings. The molecule has 4 aliphatic rings. The minimum atomic E-state index is -4.21. The van der Waals surface area contributed by atoms with E-state index in [0.717, 1.165) is 5.69 Å². The fourth-order valence-electron chi connectivity index (χ4n) is 6.01. The van der Waals surface area contributed by atoms with Gasteiger partial charge < -0.3 is 9.30 Å². The number of aryl methyl sites for hydroxylation is 2. The summed E-state index contributed by atoms with van der Waals surface area (Å²) in [6, 6.07) is 6.45. The van der Waals surface area contributed by atoms with E-state index in [1.54, 1.807) is 6.07 Å². The second-order valence-electron chi connectivity index (χ2n) is 10.1. The molecule has 34 heavy (non-hydrogen) atoms. The molecule has 9 heteroatoms. The highest BCUT2D eigenvalue weighted by Crippen LogP contribution is 2.78. The van der Waals surface area contributed by atoms with Gasteiger partial charge in [0.25, 0.3) is 0 Å². The van der Waals surface area contributed by atoms with E-state index in [2.05, 4.69) is 4.98 Å². The highest BCUT2D eigenvalue weighted by molar-refractivity contribution is 5.79. The Balaban J connectivity index is 1.35. The largest absolute Gasteiger partial charge is 0.394 e. The zero-order valence-electron chi connectivity index (χ0n) is 21.5. The molecule has 7 rings (SSSR count). The van der Waals surface area contributed by atoms with Crippen LogP contribution < -0.4 is 5.56 Å². The zero-order valence-corrected chi connectivity index (χ0v) is 18.5. The molecule has 0 N–H and O–H groups in total. The topological polar surface area (TPSA) is 69.9 Å². The number of fused-ring (bicyclic) bond motifs is 1. The van der Waals surface area contributed by atoms with Crippen molar-refractivity contribution in [1.82, 2.24) is 19.5 Å². The average Bonchev–Trinajstić information content (AvgIpc) is 2.75. The lowest BCUT2D eigenvalue weighted by molar-refractivity contribution is -0.337. The number of rotatable bonds is 3. The Bertz CT molecular complexity index is 1450. The van der Waals surface area contributed by atoms with Crippen molar-refractivity contribution >= 4 is 11.0 Å². The molecule has 1 aliphatic heterocycles. The van der Waals surface area contributed by atoms with Crippen molar-refractivity contribution in [2.24, 2.45) is 12.4 Å². The van der Waals surface area contributed by atoms with Crippen LogP contribution in [0.2, 0.25) is 0 Å². The van der Waals surface area contributed by atoms with Gasteiger partial charge in [0, 0.05) is 52.4 Å². The first-order valence-electron chi connectivity index (χ1n) is 12.9. The predicted molar refractivity (Wildman–Crippen MR) is 118 cm³/mol. The van der Waals surface area contributed by atoms with Crippen molar-refractivity contribution in [2.75, 3.05) is 6.61 Å². The Morgan fingerprint density at radius 3 is 2.68 bits per heavy atom. The first kappa shape index (κ1) is 18.5. The number of pyridine rings is 2. The third-order valence-electron chi connectivity index (χ3n) is 7.81. The fourth-order valence-corrected chi connectivity index (χ4v) is 6.01. The summed E-state index contributed by atoms with van der Waals surface area (Å²) in [5, 5.41) is 0.693. The van der Waals surface area contributed by atoms with E-state index in [9.17, 15) is 18.0 Å². The molecule has 0 amide bonds. The molecule has 0 radical (unpaired) electrons. The van der Waals surface area contributed by atoms with E-state index in [4.69, 9.17) is 18.8 Å². The van der Waals surface area contributed by atoms with Crippen molar-refractivity contribution in [1.29, 1.82) is 0 Å². The maximum atomic E-state index is 13.6. The summed E-state index contributed by atoms with van der Waals surface area (Å²) in [4.78, 5) is 26.2. The summed E-state index contributed by atoms with van der Waals surface area (Å²) >= 11 is 0. The monoisotopic (exact) mass is 473 g/mol. The summed E-state index contributed by atoms with van der Waals surface area (Å²) in [7, 11) is 0. The second kappa shape index (κ2) is 7.10. The number of nitrogens with zero attached hydrogens (tertiary/aromatic N) is 4. The smallest absolute Gasteiger partial charge is 0.373 e. The lowest BCUT2D eigenvalue weighted by Gasteiger charge is -2.70. The summed E-state index contributed by atoms with van der Waals surface area (Å²) < 4.78 is 70.2. The van der Waals surface area contributed by atoms with Gasteiger partial charge in [0.15, 0.2) is 5.65 Å².